The Bertz CT molecular complexity index is 1120. The van der Waals surface area contributed by atoms with E-state index in [1.54, 1.807) is 19.3 Å². The van der Waals surface area contributed by atoms with E-state index in [0.29, 0.717) is 32.0 Å². The van der Waals surface area contributed by atoms with Gasteiger partial charge in [-0.2, -0.15) is 0 Å². The number of carbonyl (C=O) groups is 1. The highest BCUT2D eigenvalue weighted by atomic mass is 32.2. The van der Waals surface area contributed by atoms with Gasteiger partial charge in [0.15, 0.2) is 9.84 Å². The molecule has 1 aromatic carbocycles. The van der Waals surface area contributed by atoms with Crippen molar-refractivity contribution in [2.75, 3.05) is 50.8 Å². The Morgan fingerprint density at radius 2 is 2.26 bits per heavy atom. The fourth-order valence-electron chi connectivity index (χ4n) is 4.25. The van der Waals surface area contributed by atoms with Crippen LogP contribution in [0.25, 0.3) is 0 Å². The van der Waals surface area contributed by atoms with Crippen LogP contribution in [0.1, 0.15) is 18.1 Å². The predicted octanol–water partition coefficient (Wildman–Crippen LogP) is -0.845. The summed E-state index contributed by atoms with van der Waals surface area (Å²) in [6.45, 7) is 5.38. The van der Waals surface area contributed by atoms with Crippen molar-refractivity contribution < 1.29 is 18.3 Å². The third-order valence-electron chi connectivity index (χ3n) is 6.28. The van der Waals surface area contributed by atoms with Gasteiger partial charge in [-0.3, -0.25) is 14.7 Å². The monoisotopic (exact) mass is 500 g/mol. The zero-order valence-electron chi connectivity index (χ0n) is 19.9. The number of aliphatic hydroxyl groups is 1. The molecule has 0 bridgehead atoms. The molecule has 0 fully saturated rings. The molecule has 0 spiro atoms. The first kappa shape index (κ1) is 25.3. The lowest BCUT2D eigenvalue weighted by Gasteiger charge is -2.29. The highest BCUT2D eigenvalue weighted by Gasteiger charge is 2.27. The Kier molecular flexibility index (Phi) is 8.18. The number of sulfone groups is 1. The van der Waals surface area contributed by atoms with Gasteiger partial charge in [0, 0.05) is 63.2 Å². The van der Waals surface area contributed by atoms with Crippen LogP contribution in [0.15, 0.2) is 33.9 Å². The van der Waals surface area contributed by atoms with Crippen molar-refractivity contribution in [1.82, 2.24) is 20.4 Å². The molecule has 0 saturated carbocycles. The third-order valence-corrected chi connectivity index (χ3v) is 7.98. The lowest BCUT2D eigenvalue weighted by molar-refractivity contribution is -0.118. The number of nitrogens with one attached hydrogen (secondary N) is 2. The first-order chi connectivity index (χ1) is 16.8. The minimum Gasteiger partial charge on any atom is -0.390 e. The zero-order valence-corrected chi connectivity index (χ0v) is 20.7. The maximum absolute atomic E-state index is 12.6. The van der Waals surface area contributed by atoms with E-state index in [2.05, 4.69) is 37.7 Å². The second kappa shape index (κ2) is 11.3. The minimum absolute atomic E-state index is 0.0496. The summed E-state index contributed by atoms with van der Waals surface area (Å²) in [6.07, 6.45) is 3.41. The van der Waals surface area contributed by atoms with Crippen LogP contribution in [0.3, 0.4) is 0 Å². The van der Waals surface area contributed by atoms with Gasteiger partial charge in [0.25, 0.3) is 5.91 Å². The van der Waals surface area contributed by atoms with Gasteiger partial charge < -0.3 is 20.6 Å². The predicted molar refractivity (Wildman–Crippen MR) is 134 cm³/mol. The Hall–Kier alpha value is -2.78. The molecular weight excluding hydrogens is 468 g/mol. The van der Waals surface area contributed by atoms with Crippen LogP contribution < -0.4 is 10.6 Å². The number of hydrogen-bond donors (Lipinski definition) is 3. The molecule has 1 amide bonds. The van der Waals surface area contributed by atoms with E-state index in [1.807, 2.05) is 17.0 Å². The van der Waals surface area contributed by atoms with Gasteiger partial charge in [0.05, 0.1) is 24.2 Å². The number of aliphatic imine (C=N–C) groups is 2. The fourth-order valence-corrected chi connectivity index (χ4v) is 4.99. The minimum atomic E-state index is -2.99. The summed E-state index contributed by atoms with van der Waals surface area (Å²) in [5, 5.41) is 16.3. The van der Waals surface area contributed by atoms with E-state index >= 15 is 0 Å². The van der Waals surface area contributed by atoms with Gasteiger partial charge in [0.2, 0.25) is 0 Å². The van der Waals surface area contributed by atoms with Crippen molar-refractivity contribution in [1.29, 1.82) is 0 Å². The third kappa shape index (κ3) is 6.89. The lowest BCUT2D eigenvalue weighted by atomic mass is 10.0. The van der Waals surface area contributed by atoms with Gasteiger partial charge in [-0.1, -0.05) is 19.1 Å². The number of carbonyl (C=O) groups excluding carboxylic acids is 1. The highest BCUT2D eigenvalue weighted by molar-refractivity contribution is 7.91. The molecule has 3 aliphatic rings. The molecule has 3 aliphatic heterocycles. The van der Waals surface area contributed by atoms with Crippen LogP contribution in [0.4, 0.5) is 0 Å². The van der Waals surface area contributed by atoms with Gasteiger partial charge >= 0.3 is 0 Å². The highest BCUT2D eigenvalue weighted by Crippen LogP contribution is 2.17. The molecule has 0 aromatic heterocycles. The standard InChI is InChI=1S/C24H32N6O4S/c1-2-35(33,34)10-8-25-12-20-15-30-17-27-22(11-23(30)28-20)24(32)26-13-21(31)16-29-9-7-18-5-3-4-6-19(18)14-29/h4,6,11,17,20-21,25,31H,2,7-10,12-16H2,1H3,(H,26,32)/t20?,21-/m0/s1. The molecule has 35 heavy (non-hydrogen) atoms. The Balaban J connectivity index is 1.21. The molecule has 3 heterocycles. The van der Waals surface area contributed by atoms with Crippen LogP contribution in [-0.2, 0) is 27.6 Å². The molecule has 4 rings (SSSR count). The molecule has 188 valence electrons. The molecule has 0 aliphatic carbocycles. The zero-order chi connectivity index (χ0) is 24.8. The maximum Gasteiger partial charge on any atom is 0.270 e. The Labute approximate surface area is 206 Å². The van der Waals surface area contributed by atoms with Gasteiger partial charge in [-0.25, -0.2) is 13.4 Å². The number of amidine groups is 1. The van der Waals surface area contributed by atoms with Crippen molar-refractivity contribution in [3.8, 4) is 0 Å². The second-order valence-electron chi connectivity index (χ2n) is 8.96. The van der Waals surface area contributed by atoms with Crippen LogP contribution in [-0.4, -0.2) is 104 Å². The molecule has 0 saturated heterocycles. The normalized spacial score (nSPS) is 20.4. The molecule has 11 heteroatoms. The van der Waals surface area contributed by atoms with E-state index in [1.165, 1.54) is 11.1 Å². The van der Waals surface area contributed by atoms with E-state index in [0.717, 1.165) is 19.5 Å². The smallest absolute Gasteiger partial charge is 0.270 e. The van der Waals surface area contributed by atoms with Crippen LogP contribution in [0.5, 0.6) is 0 Å². The summed E-state index contributed by atoms with van der Waals surface area (Å²) in [5.41, 5.74) is 2.63. The summed E-state index contributed by atoms with van der Waals surface area (Å²) >= 11 is 0. The van der Waals surface area contributed by atoms with E-state index in [4.69, 9.17) is 0 Å². The van der Waals surface area contributed by atoms with Crippen LogP contribution in [0, 0.1) is 12.1 Å². The van der Waals surface area contributed by atoms with E-state index in [9.17, 15) is 18.3 Å². The average Bonchev–Trinajstić information content (AvgIpc) is 3.27. The van der Waals surface area contributed by atoms with E-state index < -0.39 is 15.9 Å². The number of β-amino-alcohol motifs (C(OH)–C–C–N with tert-alkyl or cyclic N) is 1. The van der Waals surface area contributed by atoms with Crippen molar-refractivity contribution in [2.24, 2.45) is 9.98 Å². The molecular formula is C24H32N6O4S. The average molecular weight is 501 g/mol. The molecule has 3 N–H and O–H groups in total. The molecule has 1 aromatic rings. The summed E-state index contributed by atoms with van der Waals surface area (Å²) < 4.78 is 23.2. The van der Waals surface area contributed by atoms with Crippen molar-refractivity contribution in [3.05, 3.63) is 47.2 Å². The number of hydrogen-bond acceptors (Lipinski definition) is 9. The molecule has 2 atom stereocenters. The quantitative estimate of drug-likeness (QED) is 0.338. The number of amides is 1. The van der Waals surface area contributed by atoms with Gasteiger partial charge in [0.1, 0.15) is 11.5 Å². The largest absolute Gasteiger partial charge is 0.390 e. The number of fused-ring (bicyclic) bond motifs is 2. The SMILES string of the molecule is CCS(=O)(=O)CCNCC1CN2C=NC(C(=O)NC[C@H](O)CN3CCc4c#cccc4C3)=CC2=N1. The molecule has 0 radical (unpaired) electrons. The van der Waals surface area contributed by atoms with Gasteiger partial charge in [-0.05, 0) is 24.1 Å². The Morgan fingerprint density at radius 3 is 3.09 bits per heavy atom. The second-order valence-corrected chi connectivity index (χ2v) is 11.4. The van der Waals surface area contributed by atoms with E-state index in [-0.39, 0.29) is 35.7 Å². The Morgan fingerprint density at radius 1 is 1.40 bits per heavy atom. The summed E-state index contributed by atoms with van der Waals surface area (Å²) in [7, 11) is -2.99. The number of rotatable bonds is 11. The summed E-state index contributed by atoms with van der Waals surface area (Å²) in [6, 6.07) is 9.97. The summed E-state index contributed by atoms with van der Waals surface area (Å²) in [5.74, 6) is 0.543. The topological polar surface area (TPSA) is 127 Å². The number of nitrogens with zero attached hydrogens (tertiary/aromatic N) is 4. The first-order valence-electron chi connectivity index (χ1n) is 11.9. The number of aliphatic hydroxyl groups excluding tert-OH is 1. The van der Waals surface area contributed by atoms with Crippen molar-refractivity contribution in [3.63, 3.8) is 0 Å². The van der Waals surface area contributed by atoms with Crippen LogP contribution >= 0.6 is 0 Å². The lowest BCUT2D eigenvalue weighted by Crippen LogP contribution is -2.42. The van der Waals surface area contributed by atoms with Gasteiger partial charge in [-0.15, -0.1) is 0 Å². The first-order valence-corrected chi connectivity index (χ1v) is 13.8. The van der Waals surface area contributed by atoms with Crippen molar-refractivity contribution in [2.45, 2.75) is 32.0 Å². The molecule has 1 unspecified atom stereocenters. The maximum atomic E-state index is 12.6. The van der Waals surface area contributed by atoms with Crippen molar-refractivity contribution >= 4 is 27.9 Å². The fraction of sp³-hybridized carbons (Fsp3) is 0.542. The molecule has 10 nitrogen and oxygen atoms in total. The summed E-state index contributed by atoms with van der Waals surface area (Å²) in [4.78, 5) is 25.5. The van der Waals surface area contributed by atoms with Crippen LogP contribution in [0.2, 0.25) is 0 Å².